The van der Waals surface area contributed by atoms with Crippen LogP contribution in [0.3, 0.4) is 0 Å². The SMILES string of the molecule is COc1ccc(S(=O)(=O)C=O)c(OC)c1. The summed E-state index contributed by atoms with van der Waals surface area (Å²) in [5, 5.41) is 0. The first-order chi connectivity index (χ1) is 7.05. The van der Waals surface area contributed by atoms with Crippen molar-refractivity contribution in [1.29, 1.82) is 0 Å². The standard InChI is InChI=1S/C9H10O5S/c1-13-7-3-4-9(8(5-7)14-2)15(11,12)6-10/h3-6H,1-2H3. The van der Waals surface area contributed by atoms with Crippen molar-refractivity contribution in [3.8, 4) is 11.5 Å². The van der Waals surface area contributed by atoms with Gasteiger partial charge in [-0.1, -0.05) is 0 Å². The Balaban J connectivity index is 3.38. The molecule has 1 aromatic rings. The van der Waals surface area contributed by atoms with Gasteiger partial charge in [0.1, 0.15) is 16.4 Å². The van der Waals surface area contributed by atoms with Crippen LogP contribution in [0.25, 0.3) is 0 Å². The molecule has 0 N–H and O–H groups in total. The molecule has 0 unspecified atom stereocenters. The highest BCUT2D eigenvalue weighted by molar-refractivity contribution is 8.04. The summed E-state index contributed by atoms with van der Waals surface area (Å²) < 4.78 is 32.3. The van der Waals surface area contributed by atoms with E-state index in [1.165, 1.54) is 32.4 Å². The van der Waals surface area contributed by atoms with Gasteiger partial charge in [-0.2, -0.15) is 0 Å². The highest BCUT2D eigenvalue weighted by atomic mass is 32.2. The maximum absolute atomic E-state index is 11.3. The number of hydrogen-bond acceptors (Lipinski definition) is 5. The zero-order valence-corrected chi connectivity index (χ0v) is 9.08. The first kappa shape index (κ1) is 11.5. The van der Waals surface area contributed by atoms with Crippen molar-refractivity contribution in [3.63, 3.8) is 0 Å². The lowest BCUT2D eigenvalue weighted by atomic mass is 10.3. The Kier molecular flexibility index (Phi) is 3.31. The third kappa shape index (κ3) is 2.27. The maximum Gasteiger partial charge on any atom is 0.240 e. The Hall–Kier alpha value is -1.56. The van der Waals surface area contributed by atoms with Gasteiger partial charge in [0.25, 0.3) is 0 Å². The molecule has 0 aliphatic heterocycles. The smallest absolute Gasteiger partial charge is 0.240 e. The average molecular weight is 230 g/mol. The van der Waals surface area contributed by atoms with Crippen LogP contribution in [0.2, 0.25) is 0 Å². The number of methoxy groups -OCH3 is 2. The van der Waals surface area contributed by atoms with Crippen LogP contribution in [0.5, 0.6) is 11.5 Å². The van der Waals surface area contributed by atoms with Crippen molar-refractivity contribution in [2.24, 2.45) is 0 Å². The first-order valence-electron chi connectivity index (χ1n) is 3.97. The minimum absolute atomic E-state index is 0.0847. The summed E-state index contributed by atoms with van der Waals surface area (Å²) >= 11 is 0. The Morgan fingerprint density at radius 3 is 2.33 bits per heavy atom. The van der Waals surface area contributed by atoms with Gasteiger partial charge in [-0.05, 0) is 12.1 Å². The molecule has 0 aromatic heterocycles. The highest BCUT2D eigenvalue weighted by Gasteiger charge is 2.18. The molecule has 82 valence electrons. The van der Waals surface area contributed by atoms with E-state index in [2.05, 4.69) is 0 Å². The maximum atomic E-state index is 11.3. The molecule has 6 heteroatoms. The Labute approximate surface area is 87.5 Å². The molecule has 0 bridgehead atoms. The lowest BCUT2D eigenvalue weighted by Crippen LogP contribution is -2.04. The molecule has 0 saturated heterocycles. The van der Waals surface area contributed by atoms with Crippen molar-refractivity contribution < 1.29 is 22.7 Å². The largest absolute Gasteiger partial charge is 0.497 e. The van der Waals surface area contributed by atoms with Crippen LogP contribution in [0.15, 0.2) is 23.1 Å². The molecule has 0 aliphatic rings. The van der Waals surface area contributed by atoms with Crippen molar-refractivity contribution in [3.05, 3.63) is 18.2 Å². The zero-order valence-electron chi connectivity index (χ0n) is 8.26. The molecule has 0 heterocycles. The van der Waals surface area contributed by atoms with Gasteiger partial charge in [-0.25, -0.2) is 8.42 Å². The molecule has 0 aliphatic carbocycles. The fourth-order valence-electron chi connectivity index (χ4n) is 1.06. The van der Waals surface area contributed by atoms with Crippen LogP contribution >= 0.6 is 0 Å². The number of sulfone groups is 1. The number of hydrogen-bond donors (Lipinski definition) is 0. The minimum atomic E-state index is -3.93. The molecule has 5 nitrogen and oxygen atoms in total. The Morgan fingerprint density at radius 2 is 1.87 bits per heavy atom. The van der Waals surface area contributed by atoms with Gasteiger partial charge in [0.05, 0.1) is 14.2 Å². The summed E-state index contributed by atoms with van der Waals surface area (Å²) in [6.07, 6.45) is 0. The molecule has 15 heavy (non-hydrogen) atoms. The molecule has 1 rings (SSSR count). The Morgan fingerprint density at radius 1 is 1.20 bits per heavy atom. The molecule has 0 amide bonds. The third-order valence-corrected chi connectivity index (χ3v) is 3.01. The van der Waals surface area contributed by atoms with Crippen LogP contribution in [0.1, 0.15) is 0 Å². The summed E-state index contributed by atoms with van der Waals surface area (Å²) in [6.45, 7) is 0. The molecule has 0 atom stereocenters. The summed E-state index contributed by atoms with van der Waals surface area (Å²) in [5.41, 5.74) is -0.114. The van der Waals surface area contributed by atoms with E-state index in [4.69, 9.17) is 9.47 Å². The summed E-state index contributed by atoms with van der Waals surface area (Å²) in [6, 6.07) is 4.11. The van der Waals surface area contributed by atoms with Gasteiger partial charge in [-0.3, -0.25) is 4.79 Å². The molecular formula is C9H10O5S. The van der Waals surface area contributed by atoms with E-state index in [1.54, 1.807) is 0 Å². The fraction of sp³-hybridized carbons (Fsp3) is 0.222. The monoisotopic (exact) mass is 230 g/mol. The lowest BCUT2D eigenvalue weighted by Gasteiger charge is -2.07. The normalized spacial score (nSPS) is 10.8. The molecule has 1 aromatic carbocycles. The Bertz CT molecular complexity index is 463. The van der Waals surface area contributed by atoms with Crippen LogP contribution in [-0.2, 0) is 14.6 Å². The van der Waals surface area contributed by atoms with Crippen LogP contribution in [0.4, 0.5) is 0 Å². The summed E-state index contributed by atoms with van der Waals surface area (Å²) in [5.74, 6) is 0.540. The third-order valence-electron chi connectivity index (χ3n) is 1.80. The number of benzene rings is 1. The quantitative estimate of drug-likeness (QED) is 0.711. The van der Waals surface area contributed by atoms with Gasteiger partial charge < -0.3 is 9.47 Å². The van der Waals surface area contributed by atoms with Gasteiger partial charge in [-0.15, -0.1) is 0 Å². The van der Waals surface area contributed by atoms with Crippen molar-refractivity contribution in [2.45, 2.75) is 4.90 Å². The molecule has 0 saturated carbocycles. The number of rotatable bonds is 4. The van der Waals surface area contributed by atoms with Crippen molar-refractivity contribution in [1.82, 2.24) is 0 Å². The molecule has 0 radical (unpaired) electrons. The second-order valence-corrected chi connectivity index (χ2v) is 4.38. The van der Waals surface area contributed by atoms with E-state index in [0.29, 0.717) is 5.75 Å². The molecule has 0 spiro atoms. The van der Waals surface area contributed by atoms with E-state index in [1.807, 2.05) is 0 Å². The molecule has 0 fully saturated rings. The second kappa shape index (κ2) is 4.31. The van der Waals surface area contributed by atoms with Crippen LogP contribution in [0, 0.1) is 0 Å². The van der Waals surface area contributed by atoms with Gasteiger partial charge in [0.15, 0.2) is 0 Å². The molecular weight excluding hydrogens is 220 g/mol. The van der Waals surface area contributed by atoms with Crippen molar-refractivity contribution >= 4 is 15.5 Å². The van der Waals surface area contributed by atoms with E-state index in [-0.39, 0.29) is 16.3 Å². The predicted octanol–water partition coefficient (Wildman–Crippen LogP) is 0.668. The van der Waals surface area contributed by atoms with E-state index in [0.717, 1.165) is 0 Å². The van der Waals surface area contributed by atoms with Gasteiger partial charge in [0, 0.05) is 6.07 Å². The summed E-state index contributed by atoms with van der Waals surface area (Å²) in [4.78, 5) is 10.2. The van der Waals surface area contributed by atoms with Crippen molar-refractivity contribution in [2.75, 3.05) is 14.2 Å². The van der Waals surface area contributed by atoms with Crippen LogP contribution < -0.4 is 9.47 Å². The lowest BCUT2D eigenvalue weighted by molar-refractivity contribution is 0.386. The van der Waals surface area contributed by atoms with E-state index < -0.39 is 9.84 Å². The minimum Gasteiger partial charge on any atom is -0.497 e. The number of carbonyl (C=O) groups excluding carboxylic acids is 1. The fourth-order valence-corrected chi connectivity index (χ4v) is 1.85. The van der Waals surface area contributed by atoms with E-state index in [9.17, 15) is 13.2 Å². The first-order valence-corrected chi connectivity index (χ1v) is 5.52. The number of ether oxygens (including phenoxy) is 2. The van der Waals surface area contributed by atoms with Crippen LogP contribution in [-0.4, -0.2) is 28.3 Å². The van der Waals surface area contributed by atoms with Gasteiger partial charge in [0.2, 0.25) is 15.5 Å². The number of carbonyl (C=O) groups is 1. The predicted molar refractivity (Wildman–Crippen MR) is 53.5 cm³/mol. The topological polar surface area (TPSA) is 69.7 Å². The second-order valence-electron chi connectivity index (χ2n) is 2.66. The summed E-state index contributed by atoms with van der Waals surface area (Å²) in [7, 11) is -1.16. The average Bonchev–Trinajstić information content (AvgIpc) is 2.28. The van der Waals surface area contributed by atoms with Gasteiger partial charge >= 0.3 is 0 Å². The zero-order chi connectivity index (χ0) is 11.5. The van der Waals surface area contributed by atoms with E-state index >= 15 is 0 Å². The highest BCUT2D eigenvalue weighted by Crippen LogP contribution is 2.28.